The quantitative estimate of drug-likeness (QED) is 0.711. The second-order valence-corrected chi connectivity index (χ2v) is 7.42. The zero-order valence-corrected chi connectivity index (χ0v) is 15.5. The van der Waals surface area contributed by atoms with Gasteiger partial charge in [-0.2, -0.15) is 0 Å². The minimum absolute atomic E-state index is 0.121. The Morgan fingerprint density at radius 2 is 2.00 bits per heavy atom. The molecule has 2 unspecified atom stereocenters. The monoisotopic (exact) mass is 346 g/mol. The predicted octanol–water partition coefficient (Wildman–Crippen LogP) is 2.51. The summed E-state index contributed by atoms with van der Waals surface area (Å²) in [6, 6.07) is 7.80. The Hall–Kier alpha value is -1.88. The van der Waals surface area contributed by atoms with Crippen molar-refractivity contribution in [1.29, 1.82) is 0 Å². The van der Waals surface area contributed by atoms with Crippen molar-refractivity contribution in [3.63, 3.8) is 0 Å². The van der Waals surface area contributed by atoms with Crippen LogP contribution in [-0.2, 0) is 9.59 Å². The van der Waals surface area contributed by atoms with E-state index in [0.29, 0.717) is 31.8 Å². The summed E-state index contributed by atoms with van der Waals surface area (Å²) in [6.07, 6.45) is 2.18. The van der Waals surface area contributed by atoms with Crippen LogP contribution in [0.4, 0.5) is 5.69 Å². The number of hydrogen-bond acceptors (Lipinski definition) is 3. The number of benzene rings is 1. The Kier molecular flexibility index (Phi) is 7.00. The zero-order valence-electron chi connectivity index (χ0n) is 15.5. The molecule has 2 N–H and O–H groups in total. The van der Waals surface area contributed by atoms with Crippen LogP contribution in [0.3, 0.4) is 0 Å². The van der Waals surface area contributed by atoms with Crippen molar-refractivity contribution < 1.29 is 14.7 Å². The molecule has 2 amide bonds. The summed E-state index contributed by atoms with van der Waals surface area (Å²) >= 11 is 0. The third-order valence-electron chi connectivity index (χ3n) is 4.77. The van der Waals surface area contributed by atoms with Gasteiger partial charge < -0.3 is 15.3 Å². The number of aliphatic hydroxyl groups is 1. The maximum atomic E-state index is 12.6. The molecule has 0 radical (unpaired) electrons. The topological polar surface area (TPSA) is 69.6 Å². The largest absolute Gasteiger partial charge is 0.396 e. The molecular formula is C20H30N2O3. The van der Waals surface area contributed by atoms with Crippen LogP contribution in [0.1, 0.15) is 38.7 Å². The van der Waals surface area contributed by atoms with Crippen molar-refractivity contribution in [3.8, 4) is 0 Å². The molecule has 1 fully saturated rings. The van der Waals surface area contributed by atoms with Gasteiger partial charge in [-0.15, -0.1) is 0 Å². The molecule has 138 valence electrons. The number of rotatable bonds is 8. The van der Waals surface area contributed by atoms with E-state index in [-0.39, 0.29) is 24.3 Å². The van der Waals surface area contributed by atoms with Crippen molar-refractivity contribution in [2.45, 2.75) is 40.0 Å². The standard InChI is InChI=1S/C20H30N2O3/c1-14(2)12-16(9-11-23)13-21-19(24)18-8-10-22(20(18)25)17-6-4-15(3)5-7-17/h4-7,14,16,18,23H,8-13H2,1-3H3,(H,21,24). The summed E-state index contributed by atoms with van der Waals surface area (Å²) in [7, 11) is 0. The first-order valence-corrected chi connectivity index (χ1v) is 9.19. The Labute approximate surface area is 150 Å². The molecule has 0 spiro atoms. The number of anilines is 1. The van der Waals surface area contributed by atoms with E-state index in [1.54, 1.807) is 4.90 Å². The van der Waals surface area contributed by atoms with E-state index in [2.05, 4.69) is 19.2 Å². The highest BCUT2D eigenvalue weighted by Crippen LogP contribution is 2.26. The fraction of sp³-hybridized carbons (Fsp3) is 0.600. The second kappa shape index (κ2) is 8.99. The SMILES string of the molecule is Cc1ccc(N2CCC(C(=O)NCC(CCO)CC(C)C)C2=O)cc1. The lowest BCUT2D eigenvalue weighted by Gasteiger charge is -2.20. The summed E-state index contributed by atoms with van der Waals surface area (Å²) in [6.45, 7) is 7.48. The lowest BCUT2D eigenvalue weighted by atomic mass is 9.94. The van der Waals surface area contributed by atoms with Crippen LogP contribution in [0.15, 0.2) is 24.3 Å². The van der Waals surface area contributed by atoms with E-state index < -0.39 is 5.92 Å². The van der Waals surface area contributed by atoms with Gasteiger partial charge in [0.2, 0.25) is 11.8 Å². The average Bonchev–Trinajstić information content (AvgIpc) is 2.94. The van der Waals surface area contributed by atoms with E-state index >= 15 is 0 Å². The van der Waals surface area contributed by atoms with E-state index in [0.717, 1.165) is 17.7 Å². The average molecular weight is 346 g/mol. The lowest BCUT2D eigenvalue weighted by Crippen LogP contribution is -2.39. The molecular weight excluding hydrogens is 316 g/mol. The zero-order chi connectivity index (χ0) is 18.4. The molecule has 0 bridgehead atoms. The van der Waals surface area contributed by atoms with E-state index in [1.165, 1.54) is 0 Å². The van der Waals surface area contributed by atoms with Crippen molar-refractivity contribution >= 4 is 17.5 Å². The van der Waals surface area contributed by atoms with Crippen molar-refractivity contribution in [2.75, 3.05) is 24.6 Å². The van der Waals surface area contributed by atoms with Crippen LogP contribution < -0.4 is 10.2 Å². The van der Waals surface area contributed by atoms with Crippen LogP contribution in [0.2, 0.25) is 0 Å². The van der Waals surface area contributed by atoms with Crippen molar-refractivity contribution in [1.82, 2.24) is 5.32 Å². The van der Waals surface area contributed by atoms with Gasteiger partial charge in [-0.1, -0.05) is 31.5 Å². The molecule has 0 aromatic heterocycles. The van der Waals surface area contributed by atoms with Gasteiger partial charge in [-0.05, 0) is 50.2 Å². The predicted molar refractivity (Wildman–Crippen MR) is 99.3 cm³/mol. The van der Waals surface area contributed by atoms with Gasteiger partial charge in [0.1, 0.15) is 5.92 Å². The minimum Gasteiger partial charge on any atom is -0.396 e. The fourth-order valence-electron chi connectivity index (χ4n) is 3.42. The van der Waals surface area contributed by atoms with Gasteiger partial charge in [-0.25, -0.2) is 0 Å². The molecule has 1 aliphatic heterocycles. The molecule has 5 nitrogen and oxygen atoms in total. The molecule has 25 heavy (non-hydrogen) atoms. The number of nitrogens with zero attached hydrogens (tertiary/aromatic N) is 1. The van der Waals surface area contributed by atoms with Gasteiger partial charge in [0, 0.05) is 25.4 Å². The van der Waals surface area contributed by atoms with Crippen LogP contribution in [0.5, 0.6) is 0 Å². The Bertz CT molecular complexity index is 583. The molecule has 0 aliphatic carbocycles. The normalized spacial score (nSPS) is 18.7. The van der Waals surface area contributed by atoms with Crippen LogP contribution in [0.25, 0.3) is 0 Å². The summed E-state index contributed by atoms with van der Waals surface area (Å²) < 4.78 is 0. The van der Waals surface area contributed by atoms with Crippen LogP contribution in [0, 0.1) is 24.7 Å². The van der Waals surface area contributed by atoms with Crippen LogP contribution >= 0.6 is 0 Å². The molecule has 5 heteroatoms. The van der Waals surface area contributed by atoms with Gasteiger partial charge in [0.05, 0.1) is 0 Å². The van der Waals surface area contributed by atoms with Gasteiger partial charge in [0.25, 0.3) is 0 Å². The van der Waals surface area contributed by atoms with E-state index in [1.807, 2.05) is 31.2 Å². The van der Waals surface area contributed by atoms with Crippen LogP contribution in [-0.4, -0.2) is 36.6 Å². The number of hydrogen-bond donors (Lipinski definition) is 2. The summed E-state index contributed by atoms with van der Waals surface area (Å²) in [5.41, 5.74) is 1.99. The Balaban J connectivity index is 1.91. The smallest absolute Gasteiger partial charge is 0.239 e. The maximum Gasteiger partial charge on any atom is 0.239 e. The Morgan fingerprint density at radius 3 is 2.60 bits per heavy atom. The molecule has 1 aromatic carbocycles. The molecule has 1 aliphatic rings. The highest BCUT2D eigenvalue weighted by atomic mass is 16.3. The van der Waals surface area contributed by atoms with Gasteiger partial charge in [-0.3, -0.25) is 9.59 Å². The highest BCUT2D eigenvalue weighted by Gasteiger charge is 2.37. The summed E-state index contributed by atoms with van der Waals surface area (Å²) in [5, 5.41) is 12.1. The summed E-state index contributed by atoms with van der Waals surface area (Å²) in [4.78, 5) is 26.8. The van der Waals surface area contributed by atoms with E-state index in [9.17, 15) is 14.7 Å². The molecule has 2 atom stereocenters. The number of amides is 2. The van der Waals surface area contributed by atoms with E-state index in [4.69, 9.17) is 0 Å². The molecule has 2 rings (SSSR count). The minimum atomic E-state index is -0.602. The first-order chi connectivity index (χ1) is 11.9. The molecule has 1 aromatic rings. The number of aliphatic hydroxyl groups excluding tert-OH is 1. The molecule has 0 saturated carbocycles. The number of carbonyl (C=O) groups is 2. The maximum absolute atomic E-state index is 12.6. The number of carbonyl (C=O) groups excluding carboxylic acids is 2. The molecule has 1 heterocycles. The number of nitrogens with one attached hydrogen (secondary N) is 1. The first-order valence-electron chi connectivity index (χ1n) is 9.19. The first kappa shape index (κ1) is 19.4. The second-order valence-electron chi connectivity index (χ2n) is 7.42. The summed E-state index contributed by atoms with van der Waals surface area (Å²) in [5.74, 6) is -0.150. The van der Waals surface area contributed by atoms with Crippen molar-refractivity contribution in [2.24, 2.45) is 17.8 Å². The van der Waals surface area contributed by atoms with Crippen molar-refractivity contribution in [3.05, 3.63) is 29.8 Å². The Morgan fingerprint density at radius 1 is 1.32 bits per heavy atom. The van der Waals surface area contributed by atoms with Gasteiger partial charge >= 0.3 is 0 Å². The van der Waals surface area contributed by atoms with Gasteiger partial charge in [0.15, 0.2) is 0 Å². The molecule has 1 saturated heterocycles. The lowest BCUT2D eigenvalue weighted by molar-refractivity contribution is -0.132. The number of aryl methyl sites for hydroxylation is 1. The third-order valence-corrected chi connectivity index (χ3v) is 4.77. The highest BCUT2D eigenvalue weighted by molar-refractivity contribution is 6.09. The third kappa shape index (κ3) is 5.30. The fourth-order valence-corrected chi connectivity index (χ4v) is 3.42.